The van der Waals surface area contributed by atoms with Gasteiger partial charge in [-0.05, 0) is 43.9 Å². The van der Waals surface area contributed by atoms with Gasteiger partial charge in [-0.15, -0.1) is 0 Å². The summed E-state index contributed by atoms with van der Waals surface area (Å²) in [5, 5.41) is 0. The maximum Gasteiger partial charge on any atom is 0.317 e. The van der Waals surface area contributed by atoms with Crippen molar-refractivity contribution in [2.45, 2.75) is 66.2 Å². The van der Waals surface area contributed by atoms with Crippen molar-refractivity contribution in [2.24, 2.45) is 5.41 Å². The van der Waals surface area contributed by atoms with E-state index in [1.165, 1.54) is 5.56 Å². The maximum atomic E-state index is 12.4. The summed E-state index contributed by atoms with van der Waals surface area (Å²) in [6.45, 7) is 8.37. The monoisotopic (exact) mass is 276 g/mol. The molecule has 1 unspecified atom stereocenters. The highest BCUT2D eigenvalue weighted by Gasteiger charge is 2.32. The predicted octanol–water partition coefficient (Wildman–Crippen LogP) is 5.15. The van der Waals surface area contributed by atoms with Crippen molar-refractivity contribution in [3.63, 3.8) is 0 Å². The second-order valence-electron chi connectivity index (χ2n) is 5.80. The van der Waals surface area contributed by atoms with E-state index in [-0.39, 0.29) is 11.4 Å². The molecule has 0 saturated carbocycles. The first-order chi connectivity index (χ1) is 9.55. The molecule has 0 N–H and O–H groups in total. The van der Waals surface area contributed by atoms with E-state index in [0.29, 0.717) is 5.75 Å². The number of unbranched alkanes of at least 4 members (excludes halogenated alkanes) is 1. The molecule has 1 rings (SSSR count). The van der Waals surface area contributed by atoms with Crippen molar-refractivity contribution in [2.75, 3.05) is 0 Å². The molecule has 1 aromatic carbocycles. The van der Waals surface area contributed by atoms with Crippen LogP contribution in [0.25, 0.3) is 0 Å². The van der Waals surface area contributed by atoms with Crippen molar-refractivity contribution < 1.29 is 9.53 Å². The lowest BCUT2D eigenvalue weighted by atomic mass is 9.82. The number of benzene rings is 1. The third-order valence-corrected chi connectivity index (χ3v) is 4.03. The Balaban J connectivity index is 2.68. The summed E-state index contributed by atoms with van der Waals surface area (Å²) in [5.41, 5.74) is 0.925. The lowest BCUT2D eigenvalue weighted by Gasteiger charge is -2.25. The minimum absolute atomic E-state index is 0.100. The number of ether oxygens (including phenoxy) is 1. The molecule has 0 aromatic heterocycles. The van der Waals surface area contributed by atoms with E-state index < -0.39 is 0 Å². The van der Waals surface area contributed by atoms with Gasteiger partial charge in [0.2, 0.25) is 0 Å². The zero-order chi connectivity index (χ0) is 15.0. The number of hydrogen-bond acceptors (Lipinski definition) is 2. The Bertz CT molecular complexity index is 408. The van der Waals surface area contributed by atoms with Gasteiger partial charge in [0.05, 0.1) is 5.41 Å². The third-order valence-electron chi connectivity index (χ3n) is 4.03. The summed E-state index contributed by atoms with van der Waals surface area (Å²) in [5.74, 6) is 0.558. The fraction of sp³-hybridized carbons (Fsp3) is 0.611. The number of carbonyl (C=O) groups excluding carboxylic acids is 1. The molecule has 2 nitrogen and oxygen atoms in total. The molecule has 0 saturated heterocycles. The quantitative estimate of drug-likeness (QED) is 0.485. The van der Waals surface area contributed by atoms with E-state index >= 15 is 0 Å². The Morgan fingerprint density at radius 3 is 2.25 bits per heavy atom. The molecule has 0 bridgehead atoms. The van der Waals surface area contributed by atoms with E-state index in [1.807, 2.05) is 31.2 Å². The zero-order valence-corrected chi connectivity index (χ0v) is 13.4. The van der Waals surface area contributed by atoms with Crippen LogP contribution in [0.15, 0.2) is 24.3 Å². The van der Waals surface area contributed by atoms with Gasteiger partial charge in [0.1, 0.15) is 5.75 Å². The molecule has 0 aliphatic heterocycles. The summed E-state index contributed by atoms with van der Waals surface area (Å²) >= 11 is 0. The van der Waals surface area contributed by atoms with Crippen LogP contribution < -0.4 is 4.74 Å². The van der Waals surface area contributed by atoms with Crippen LogP contribution in [0, 0.1) is 5.41 Å². The number of esters is 1. The van der Waals surface area contributed by atoms with E-state index in [9.17, 15) is 4.79 Å². The first-order valence-corrected chi connectivity index (χ1v) is 7.87. The molecule has 0 heterocycles. The normalized spacial score (nSPS) is 13.8. The second kappa shape index (κ2) is 8.08. The molecule has 1 aromatic rings. The number of hydrogen-bond donors (Lipinski definition) is 0. The number of carbonyl (C=O) groups is 1. The van der Waals surface area contributed by atoms with Crippen LogP contribution in [0.3, 0.4) is 0 Å². The highest BCUT2D eigenvalue weighted by Crippen LogP contribution is 2.30. The van der Waals surface area contributed by atoms with Gasteiger partial charge in [-0.3, -0.25) is 4.79 Å². The summed E-state index contributed by atoms with van der Waals surface area (Å²) in [6.07, 6.45) is 6.08. The Morgan fingerprint density at radius 2 is 1.75 bits per heavy atom. The summed E-state index contributed by atoms with van der Waals surface area (Å²) in [7, 11) is 0. The van der Waals surface area contributed by atoms with Crippen molar-refractivity contribution in [1.82, 2.24) is 0 Å². The molecule has 20 heavy (non-hydrogen) atoms. The Labute approximate surface area is 123 Å². The fourth-order valence-corrected chi connectivity index (χ4v) is 2.23. The minimum atomic E-state index is -0.363. The van der Waals surface area contributed by atoms with Gasteiger partial charge in [0, 0.05) is 0 Å². The predicted molar refractivity (Wildman–Crippen MR) is 84.0 cm³/mol. The van der Waals surface area contributed by atoms with Gasteiger partial charge in [0.25, 0.3) is 0 Å². The maximum absolute atomic E-state index is 12.4. The lowest BCUT2D eigenvalue weighted by molar-refractivity contribution is -0.145. The molecule has 0 aliphatic rings. The van der Waals surface area contributed by atoms with E-state index in [0.717, 1.165) is 38.5 Å². The van der Waals surface area contributed by atoms with E-state index in [1.54, 1.807) is 0 Å². The van der Waals surface area contributed by atoms with Crippen LogP contribution in [-0.4, -0.2) is 5.97 Å². The highest BCUT2D eigenvalue weighted by molar-refractivity contribution is 5.78. The van der Waals surface area contributed by atoms with E-state index in [2.05, 4.69) is 20.8 Å². The van der Waals surface area contributed by atoms with Gasteiger partial charge in [0.15, 0.2) is 0 Å². The minimum Gasteiger partial charge on any atom is -0.426 e. The average Bonchev–Trinajstić information content (AvgIpc) is 2.47. The van der Waals surface area contributed by atoms with Crippen molar-refractivity contribution >= 4 is 5.97 Å². The van der Waals surface area contributed by atoms with Crippen LogP contribution in [0.5, 0.6) is 5.75 Å². The fourth-order valence-electron chi connectivity index (χ4n) is 2.23. The molecule has 112 valence electrons. The first-order valence-electron chi connectivity index (χ1n) is 7.87. The van der Waals surface area contributed by atoms with Crippen LogP contribution in [-0.2, 0) is 11.2 Å². The Hall–Kier alpha value is -1.31. The molecular weight excluding hydrogens is 248 g/mol. The van der Waals surface area contributed by atoms with Crippen molar-refractivity contribution in [3.8, 4) is 5.75 Å². The molecule has 2 heteroatoms. The average molecular weight is 276 g/mol. The standard InChI is InChI=1S/C18H28O2/c1-5-8-14-18(4,7-3)17(19)20-16-12-10-15(9-6-2)11-13-16/h10-13H,5-9,14H2,1-4H3. The molecule has 0 amide bonds. The zero-order valence-electron chi connectivity index (χ0n) is 13.4. The molecule has 0 fully saturated rings. The smallest absolute Gasteiger partial charge is 0.317 e. The van der Waals surface area contributed by atoms with E-state index in [4.69, 9.17) is 4.74 Å². The van der Waals surface area contributed by atoms with Gasteiger partial charge < -0.3 is 4.74 Å². The first kappa shape index (κ1) is 16.7. The molecular formula is C18H28O2. The van der Waals surface area contributed by atoms with Gasteiger partial charge in [-0.2, -0.15) is 0 Å². The van der Waals surface area contributed by atoms with Crippen molar-refractivity contribution in [3.05, 3.63) is 29.8 Å². The van der Waals surface area contributed by atoms with Crippen LogP contribution >= 0.6 is 0 Å². The molecule has 0 spiro atoms. The lowest BCUT2D eigenvalue weighted by Crippen LogP contribution is -2.31. The summed E-state index contributed by atoms with van der Waals surface area (Å²) in [6, 6.07) is 7.89. The van der Waals surface area contributed by atoms with Crippen molar-refractivity contribution in [1.29, 1.82) is 0 Å². The number of aryl methyl sites for hydroxylation is 1. The number of rotatable bonds is 8. The Kier molecular flexibility index (Phi) is 6.77. The molecule has 0 radical (unpaired) electrons. The van der Waals surface area contributed by atoms with Crippen LogP contribution in [0.4, 0.5) is 0 Å². The summed E-state index contributed by atoms with van der Waals surface area (Å²) < 4.78 is 5.56. The summed E-state index contributed by atoms with van der Waals surface area (Å²) in [4.78, 5) is 12.4. The third kappa shape index (κ3) is 4.66. The molecule has 1 atom stereocenters. The van der Waals surface area contributed by atoms with Gasteiger partial charge in [-0.1, -0.05) is 52.2 Å². The largest absolute Gasteiger partial charge is 0.426 e. The Morgan fingerprint density at radius 1 is 1.10 bits per heavy atom. The SMILES string of the molecule is CCCCC(C)(CC)C(=O)Oc1ccc(CCC)cc1. The van der Waals surface area contributed by atoms with Crippen LogP contribution in [0.2, 0.25) is 0 Å². The van der Waals surface area contributed by atoms with Gasteiger partial charge in [-0.25, -0.2) is 0 Å². The van der Waals surface area contributed by atoms with Crippen LogP contribution in [0.1, 0.15) is 65.4 Å². The van der Waals surface area contributed by atoms with Gasteiger partial charge >= 0.3 is 5.97 Å². The highest BCUT2D eigenvalue weighted by atomic mass is 16.5. The topological polar surface area (TPSA) is 26.3 Å². The second-order valence-corrected chi connectivity index (χ2v) is 5.80. The molecule has 0 aliphatic carbocycles.